The minimum absolute atomic E-state index is 0.180. The number of hydrogen-bond donors (Lipinski definition) is 2. The molecule has 0 saturated heterocycles. The number of methoxy groups -OCH3 is 1. The fraction of sp³-hybridized carbons (Fsp3) is 0.235. The maximum Gasteiger partial charge on any atom is 0.295 e. The third-order valence-electron chi connectivity index (χ3n) is 4.96. The summed E-state index contributed by atoms with van der Waals surface area (Å²) in [5.74, 6) is -0.995. The first-order valence-electron chi connectivity index (χ1n) is 7.65. The van der Waals surface area contributed by atoms with Crippen LogP contribution in [-0.2, 0) is 14.9 Å². The summed E-state index contributed by atoms with van der Waals surface area (Å²) in [5.41, 5.74) is 8.10. The molecule has 1 saturated carbocycles. The lowest BCUT2D eigenvalue weighted by Crippen LogP contribution is -2.26. The van der Waals surface area contributed by atoms with Crippen molar-refractivity contribution in [2.24, 2.45) is 5.73 Å². The van der Waals surface area contributed by atoms with E-state index in [1.807, 2.05) is 28.8 Å². The first-order valence-corrected chi connectivity index (χ1v) is 9.09. The van der Waals surface area contributed by atoms with E-state index in [1.54, 1.807) is 18.2 Å². The van der Waals surface area contributed by atoms with E-state index in [0.717, 1.165) is 5.52 Å². The molecule has 1 fully saturated rings. The van der Waals surface area contributed by atoms with Gasteiger partial charge in [-0.05, 0) is 23.8 Å². The highest BCUT2D eigenvalue weighted by atomic mass is 32.2. The molecule has 2 aromatic heterocycles. The summed E-state index contributed by atoms with van der Waals surface area (Å²) in [7, 11) is -3.08. The minimum Gasteiger partial charge on any atom is -0.366 e. The van der Waals surface area contributed by atoms with Crippen LogP contribution in [0.25, 0.3) is 16.4 Å². The van der Waals surface area contributed by atoms with Crippen LogP contribution >= 0.6 is 0 Å². The Labute approximate surface area is 143 Å². The molecule has 2 atom stereocenters. The molecule has 0 aliphatic heterocycles. The summed E-state index contributed by atoms with van der Waals surface area (Å²) in [4.78, 5) is 10.3. The molecular weight excluding hydrogens is 344 g/mol. The molecule has 2 unspecified atom stereocenters. The number of fused-ring (bicyclic) bond motifs is 3. The van der Waals surface area contributed by atoms with Crippen molar-refractivity contribution in [1.82, 2.24) is 4.40 Å². The second-order valence-corrected chi connectivity index (χ2v) is 7.86. The second-order valence-electron chi connectivity index (χ2n) is 6.22. The minimum atomic E-state index is -4.35. The summed E-state index contributed by atoms with van der Waals surface area (Å²) in [6, 6.07) is 10.8. The Kier molecular flexibility index (Phi) is 3.24. The smallest absolute Gasteiger partial charge is 0.295 e. The molecule has 3 N–H and O–H groups in total. The molecule has 25 heavy (non-hydrogen) atoms. The Morgan fingerprint density at radius 2 is 2.08 bits per heavy atom. The summed E-state index contributed by atoms with van der Waals surface area (Å²) in [6.45, 7) is 0. The molecule has 1 aliphatic carbocycles. The topological polar surface area (TPSA) is 111 Å². The molecule has 1 aliphatic rings. The number of carbonyl (C=O) groups excluding carboxylic acids is 1. The van der Waals surface area contributed by atoms with Gasteiger partial charge in [-0.15, -0.1) is 0 Å². The van der Waals surface area contributed by atoms with Crippen molar-refractivity contribution < 1.29 is 22.5 Å². The largest absolute Gasteiger partial charge is 0.366 e. The summed E-state index contributed by atoms with van der Waals surface area (Å²) >= 11 is 0. The molecule has 1 aromatic carbocycles. The van der Waals surface area contributed by atoms with Gasteiger partial charge in [0.1, 0.15) is 0 Å². The number of pyridine rings is 1. The molecule has 4 rings (SSSR count). The van der Waals surface area contributed by atoms with Gasteiger partial charge < -0.3 is 14.9 Å². The van der Waals surface area contributed by atoms with E-state index in [2.05, 4.69) is 0 Å². The number of ether oxygens (including phenoxy) is 1. The molecule has 0 spiro atoms. The number of carbonyl (C=O) groups is 1. The lowest BCUT2D eigenvalue weighted by Gasteiger charge is -2.12. The molecule has 130 valence electrons. The van der Waals surface area contributed by atoms with E-state index in [-0.39, 0.29) is 6.42 Å². The first-order chi connectivity index (χ1) is 11.8. The predicted molar refractivity (Wildman–Crippen MR) is 92.1 cm³/mol. The number of primary amides is 1. The van der Waals surface area contributed by atoms with Crippen LogP contribution in [-0.4, -0.2) is 35.3 Å². The van der Waals surface area contributed by atoms with E-state index in [9.17, 15) is 17.8 Å². The fourth-order valence-corrected chi connectivity index (χ4v) is 4.73. The van der Waals surface area contributed by atoms with Gasteiger partial charge in [0.15, 0.2) is 0 Å². The van der Waals surface area contributed by atoms with Gasteiger partial charge in [0.2, 0.25) is 4.93 Å². The van der Waals surface area contributed by atoms with Crippen molar-refractivity contribution in [2.45, 2.75) is 17.3 Å². The van der Waals surface area contributed by atoms with Crippen LogP contribution < -0.4 is 5.73 Å². The second kappa shape index (κ2) is 5.04. The van der Waals surface area contributed by atoms with Crippen molar-refractivity contribution >= 4 is 32.4 Å². The highest BCUT2D eigenvalue weighted by Gasteiger charge is 2.65. The molecule has 0 radical (unpaired) electrons. The van der Waals surface area contributed by atoms with Crippen LogP contribution in [0.4, 0.5) is 0 Å². The molecular formula is C17H16N2O5S. The molecule has 2 heterocycles. The van der Waals surface area contributed by atoms with Gasteiger partial charge in [-0.25, -0.2) is 0 Å². The maximum atomic E-state index is 11.9. The third-order valence-corrected chi connectivity index (χ3v) is 6.45. The number of hydrogen-bond acceptors (Lipinski definition) is 4. The summed E-state index contributed by atoms with van der Waals surface area (Å²) in [5, 5.41) is 0.693. The van der Waals surface area contributed by atoms with Gasteiger partial charge in [0.25, 0.3) is 16.0 Å². The van der Waals surface area contributed by atoms with E-state index in [4.69, 9.17) is 10.5 Å². The number of aromatic nitrogens is 1. The zero-order chi connectivity index (χ0) is 18.0. The van der Waals surface area contributed by atoms with Crippen molar-refractivity contribution in [3.63, 3.8) is 0 Å². The van der Waals surface area contributed by atoms with Gasteiger partial charge in [-0.1, -0.05) is 18.2 Å². The number of amides is 1. The highest BCUT2D eigenvalue weighted by Crippen LogP contribution is 2.57. The first kappa shape index (κ1) is 16.1. The van der Waals surface area contributed by atoms with E-state index in [1.165, 1.54) is 7.11 Å². The lowest BCUT2D eigenvalue weighted by atomic mass is 10.1. The number of rotatable bonds is 4. The Morgan fingerprint density at radius 1 is 1.32 bits per heavy atom. The highest BCUT2D eigenvalue weighted by molar-refractivity contribution is 7.87. The third kappa shape index (κ3) is 2.11. The average Bonchev–Trinajstić information content (AvgIpc) is 3.24. The SMILES string of the molecule is COC1(S(=O)(=O)O)CC1c1ccc2c(C(N)=O)c3ccccn3c2c1. The zero-order valence-corrected chi connectivity index (χ0v) is 14.2. The zero-order valence-electron chi connectivity index (χ0n) is 13.3. The predicted octanol–water partition coefficient (Wildman–Crippen LogP) is 1.91. The van der Waals surface area contributed by atoms with Gasteiger partial charge in [0, 0.05) is 31.0 Å². The molecule has 8 heteroatoms. The molecule has 1 amide bonds. The van der Waals surface area contributed by atoms with Crippen LogP contribution in [0.15, 0.2) is 42.6 Å². The Morgan fingerprint density at radius 3 is 2.68 bits per heavy atom. The van der Waals surface area contributed by atoms with Crippen LogP contribution in [0.1, 0.15) is 28.3 Å². The lowest BCUT2D eigenvalue weighted by molar-refractivity contribution is 0.100. The van der Waals surface area contributed by atoms with Crippen LogP contribution in [0.2, 0.25) is 0 Å². The fourth-order valence-electron chi connectivity index (χ4n) is 3.64. The van der Waals surface area contributed by atoms with Crippen LogP contribution in [0, 0.1) is 0 Å². The van der Waals surface area contributed by atoms with Gasteiger partial charge in [-0.3, -0.25) is 9.35 Å². The monoisotopic (exact) mass is 360 g/mol. The molecule has 7 nitrogen and oxygen atoms in total. The average molecular weight is 360 g/mol. The van der Waals surface area contributed by atoms with Gasteiger partial charge in [0.05, 0.1) is 16.6 Å². The van der Waals surface area contributed by atoms with E-state index >= 15 is 0 Å². The molecule has 3 aromatic rings. The number of benzene rings is 1. The number of nitrogens with two attached hydrogens (primary N) is 1. The van der Waals surface area contributed by atoms with Crippen LogP contribution in [0.3, 0.4) is 0 Å². The Balaban J connectivity index is 1.94. The normalized spacial score (nSPS) is 23.2. The van der Waals surface area contributed by atoms with E-state index in [0.29, 0.717) is 22.0 Å². The summed E-state index contributed by atoms with van der Waals surface area (Å²) < 4.78 is 39.8. The van der Waals surface area contributed by atoms with Crippen molar-refractivity contribution in [2.75, 3.05) is 7.11 Å². The Bertz CT molecular complexity index is 1130. The van der Waals surface area contributed by atoms with Crippen molar-refractivity contribution in [3.8, 4) is 0 Å². The quantitative estimate of drug-likeness (QED) is 0.691. The van der Waals surface area contributed by atoms with Crippen molar-refractivity contribution in [1.29, 1.82) is 0 Å². The van der Waals surface area contributed by atoms with Gasteiger partial charge >= 0.3 is 0 Å². The van der Waals surface area contributed by atoms with Crippen molar-refractivity contribution in [3.05, 3.63) is 53.7 Å². The van der Waals surface area contributed by atoms with E-state index < -0.39 is 26.9 Å². The Hall–Kier alpha value is -2.42. The standard InChI is InChI=1S/C17H16N2O5S/c1-24-17(25(21,22)23)9-12(17)10-5-6-11-14(8-10)19-7-3-2-4-13(19)15(11)16(18)20/h2-8,12H,9H2,1H3,(H2,18,20)(H,21,22,23). The van der Waals surface area contributed by atoms with Gasteiger partial charge in [-0.2, -0.15) is 8.42 Å². The van der Waals surface area contributed by atoms with Crippen LogP contribution in [0.5, 0.6) is 0 Å². The molecule has 0 bridgehead atoms. The summed E-state index contributed by atoms with van der Waals surface area (Å²) in [6.07, 6.45) is 1.99. The number of nitrogens with zero attached hydrogens (tertiary/aromatic N) is 1. The maximum absolute atomic E-state index is 11.9.